The number of aliphatic imine (C=N–C) groups is 1. The van der Waals surface area contributed by atoms with Crippen LogP contribution in [0.15, 0.2) is 108 Å². The van der Waals surface area contributed by atoms with Crippen molar-refractivity contribution in [1.29, 1.82) is 0 Å². The second-order valence-corrected chi connectivity index (χ2v) is 11.9. The van der Waals surface area contributed by atoms with Crippen LogP contribution in [0, 0.1) is 6.92 Å². The predicted molar refractivity (Wildman–Crippen MR) is 198 cm³/mol. The van der Waals surface area contributed by atoms with Crippen molar-refractivity contribution in [3.63, 3.8) is 0 Å². The van der Waals surface area contributed by atoms with Crippen LogP contribution in [0.25, 0.3) is 43.7 Å². The van der Waals surface area contributed by atoms with Gasteiger partial charge in [0.2, 0.25) is 5.90 Å². The lowest BCUT2D eigenvalue weighted by Crippen LogP contribution is -2.10. The summed E-state index contributed by atoms with van der Waals surface area (Å²) in [6, 6.07) is 23.5. The number of aliphatic hydroxyl groups is 1. The Bertz CT molecular complexity index is 2700. The van der Waals surface area contributed by atoms with E-state index in [-0.39, 0.29) is 32.8 Å². The van der Waals surface area contributed by atoms with E-state index in [9.17, 15) is 54.6 Å². The second-order valence-electron chi connectivity index (χ2n) is 11.9. The molecule has 14 heteroatoms. The highest BCUT2D eigenvalue weighted by Crippen LogP contribution is 2.42. The molecular formula is C40H27N3O11. The fourth-order valence-electron chi connectivity index (χ4n) is 6.28. The van der Waals surface area contributed by atoms with E-state index in [2.05, 4.69) is 15.0 Å². The van der Waals surface area contributed by atoms with Crippen molar-refractivity contribution in [3.05, 3.63) is 142 Å². The first kappa shape index (κ1) is 35.9. The summed E-state index contributed by atoms with van der Waals surface area (Å²) in [5.74, 6) is -8.25. The summed E-state index contributed by atoms with van der Waals surface area (Å²) in [4.78, 5) is 72.9. The molecule has 0 aliphatic carbocycles. The Morgan fingerprint density at radius 2 is 0.963 bits per heavy atom. The number of hydrogen-bond acceptors (Lipinski definition) is 7. The van der Waals surface area contributed by atoms with Gasteiger partial charge in [0, 0.05) is 27.1 Å². The van der Waals surface area contributed by atoms with Gasteiger partial charge in [0.15, 0.2) is 0 Å². The van der Waals surface area contributed by atoms with Crippen LogP contribution in [-0.2, 0) is 0 Å². The third-order valence-electron chi connectivity index (χ3n) is 8.57. The van der Waals surface area contributed by atoms with Crippen LogP contribution >= 0.6 is 0 Å². The van der Waals surface area contributed by atoms with Gasteiger partial charge in [0.05, 0.1) is 50.9 Å². The van der Waals surface area contributed by atoms with Crippen LogP contribution in [0.4, 0.5) is 5.69 Å². The molecule has 0 fully saturated rings. The summed E-state index contributed by atoms with van der Waals surface area (Å²) in [7, 11) is 0. The zero-order chi connectivity index (χ0) is 38.8. The van der Waals surface area contributed by atoms with Crippen molar-refractivity contribution >= 4 is 74.0 Å². The smallest absolute Gasteiger partial charge is 0.336 e. The van der Waals surface area contributed by atoms with Gasteiger partial charge >= 0.3 is 29.8 Å². The Balaban J connectivity index is 0.000000478. The van der Waals surface area contributed by atoms with Crippen molar-refractivity contribution in [2.45, 2.75) is 6.92 Å². The minimum absolute atomic E-state index is 0.0652. The highest BCUT2D eigenvalue weighted by molar-refractivity contribution is 6.26. The molecule has 7 N–H and O–H groups in total. The molecule has 7 rings (SSSR count). The number of H-pyrrole nitrogens is 1. The van der Waals surface area contributed by atoms with Crippen LogP contribution < -0.4 is 0 Å². The molecule has 0 amide bonds. The van der Waals surface area contributed by atoms with Crippen molar-refractivity contribution in [1.82, 2.24) is 9.97 Å². The molecule has 14 nitrogen and oxygen atoms in total. The summed E-state index contributed by atoms with van der Waals surface area (Å²) >= 11 is 0. The number of benzene rings is 6. The maximum absolute atomic E-state index is 12.5. The van der Waals surface area contributed by atoms with Gasteiger partial charge in [-0.15, -0.1) is 0 Å². The number of carboxylic acids is 5. The standard InChI is InChI=1S/C33H21NO11.C7H6N2/c1-14-3-2-4-15(13-14)34-28(35)18-7-5-16(24-19(29(36)37)9-11-21(26(18)24)31(40)41)17-6-8-22(32(42)43)27-23(33(44)45)12-10-20(25(17)27)30(38)39;1-2-4-7-6(3-1)8-5-9-7/h2-13H,1H3,(H,34,35)(H,36,37)(H,38,39)(H,40,41)(H,42,43)(H,44,45);1-5H,(H,8,9). The van der Waals surface area contributed by atoms with Gasteiger partial charge < -0.3 is 35.6 Å². The number of para-hydroxylation sites is 2. The van der Waals surface area contributed by atoms with Crippen molar-refractivity contribution in [2.75, 3.05) is 0 Å². The second kappa shape index (κ2) is 14.4. The number of aromatic amines is 1. The molecule has 54 heavy (non-hydrogen) atoms. The normalized spacial score (nSPS) is 11.2. The Morgan fingerprint density at radius 1 is 0.519 bits per heavy atom. The van der Waals surface area contributed by atoms with E-state index in [1.54, 1.807) is 37.5 Å². The van der Waals surface area contributed by atoms with Crippen LogP contribution in [0.3, 0.4) is 0 Å². The summed E-state index contributed by atoms with van der Waals surface area (Å²) in [6.07, 6.45) is 1.70. The first-order valence-corrected chi connectivity index (χ1v) is 15.9. The zero-order valence-electron chi connectivity index (χ0n) is 27.9. The van der Waals surface area contributed by atoms with Gasteiger partial charge in [-0.1, -0.05) is 36.4 Å². The lowest BCUT2D eigenvalue weighted by atomic mass is 9.84. The third-order valence-corrected chi connectivity index (χ3v) is 8.57. The number of imidazole rings is 1. The van der Waals surface area contributed by atoms with Crippen LogP contribution in [0.1, 0.15) is 62.9 Å². The number of fused-ring (bicyclic) bond motifs is 3. The summed E-state index contributed by atoms with van der Waals surface area (Å²) in [6.45, 7) is 1.79. The van der Waals surface area contributed by atoms with Gasteiger partial charge in [0.1, 0.15) is 0 Å². The number of aromatic nitrogens is 2. The minimum Gasteiger partial charge on any atom is -0.493 e. The lowest BCUT2D eigenvalue weighted by Gasteiger charge is -2.19. The molecule has 0 saturated heterocycles. The maximum Gasteiger partial charge on any atom is 0.336 e. The SMILES string of the molecule is Cc1cccc(N=C(O)c2ccc(-c3ccc(C(=O)O)c4c(C(=O)O)ccc(C(=O)O)c34)c3c(C(=O)O)ccc(C(=O)O)c23)c1.c1ccc2[nH]cnc2c1. The molecule has 7 aromatic rings. The van der Waals surface area contributed by atoms with Crippen molar-refractivity contribution < 1.29 is 54.6 Å². The van der Waals surface area contributed by atoms with Gasteiger partial charge in [-0.05, 0) is 84.3 Å². The van der Waals surface area contributed by atoms with Gasteiger partial charge in [-0.2, -0.15) is 0 Å². The van der Waals surface area contributed by atoms with Crippen LogP contribution in [-0.4, -0.2) is 76.4 Å². The number of hydrogen-bond donors (Lipinski definition) is 7. The zero-order valence-corrected chi connectivity index (χ0v) is 27.9. The highest BCUT2D eigenvalue weighted by Gasteiger charge is 2.28. The van der Waals surface area contributed by atoms with Gasteiger partial charge in [0.25, 0.3) is 0 Å². The Labute approximate surface area is 303 Å². The number of rotatable bonds is 8. The molecule has 268 valence electrons. The monoisotopic (exact) mass is 725 g/mol. The number of nitrogens with zero attached hydrogens (tertiary/aromatic N) is 2. The van der Waals surface area contributed by atoms with E-state index < -0.39 is 68.9 Å². The molecule has 0 radical (unpaired) electrons. The van der Waals surface area contributed by atoms with E-state index >= 15 is 0 Å². The van der Waals surface area contributed by atoms with Crippen molar-refractivity contribution in [2.24, 2.45) is 4.99 Å². The molecule has 0 aliphatic rings. The topological polar surface area (TPSA) is 248 Å². The maximum atomic E-state index is 12.5. The molecule has 0 unspecified atom stereocenters. The van der Waals surface area contributed by atoms with Crippen molar-refractivity contribution in [3.8, 4) is 11.1 Å². The largest absolute Gasteiger partial charge is 0.493 e. The molecule has 0 spiro atoms. The molecule has 0 bridgehead atoms. The van der Waals surface area contributed by atoms with Gasteiger partial charge in [-0.3, -0.25) is 0 Å². The molecule has 1 aromatic heterocycles. The molecule has 1 heterocycles. The Morgan fingerprint density at radius 3 is 1.44 bits per heavy atom. The number of aryl methyl sites for hydroxylation is 1. The fourth-order valence-corrected chi connectivity index (χ4v) is 6.28. The summed E-state index contributed by atoms with van der Waals surface area (Å²) in [5, 5.41) is 60.0. The Hall–Kier alpha value is -7.87. The number of nitrogens with one attached hydrogen (secondary N) is 1. The van der Waals surface area contributed by atoms with E-state index in [1.165, 1.54) is 18.2 Å². The first-order chi connectivity index (χ1) is 25.8. The summed E-state index contributed by atoms with van der Waals surface area (Å²) in [5.41, 5.74) is 0.546. The first-order valence-electron chi connectivity index (χ1n) is 15.9. The average Bonchev–Trinajstić information content (AvgIpc) is 3.62. The minimum atomic E-state index is -1.55. The number of carboxylic acid groups (broad SMARTS) is 5. The quantitative estimate of drug-likeness (QED) is 0.0589. The highest BCUT2D eigenvalue weighted by atomic mass is 16.4. The number of aromatic carboxylic acids is 5. The Kier molecular flexibility index (Phi) is 9.58. The molecule has 0 atom stereocenters. The predicted octanol–water partition coefficient (Wildman–Crippen LogP) is 7.66. The summed E-state index contributed by atoms with van der Waals surface area (Å²) < 4.78 is 0. The van der Waals surface area contributed by atoms with Crippen LogP contribution in [0.2, 0.25) is 0 Å². The average molecular weight is 726 g/mol. The third kappa shape index (κ3) is 6.65. The van der Waals surface area contributed by atoms with E-state index in [4.69, 9.17) is 0 Å². The molecular weight excluding hydrogens is 698 g/mol. The van der Waals surface area contributed by atoms with E-state index in [0.29, 0.717) is 5.69 Å². The van der Waals surface area contributed by atoms with Gasteiger partial charge in [-0.25, -0.2) is 33.9 Å². The van der Waals surface area contributed by atoms with E-state index in [1.807, 2.05) is 24.3 Å². The fraction of sp³-hybridized carbons (Fsp3) is 0.0250. The lowest BCUT2D eigenvalue weighted by molar-refractivity contribution is 0.0680. The number of carbonyl (C=O) groups is 5. The van der Waals surface area contributed by atoms with Crippen LogP contribution in [0.5, 0.6) is 0 Å². The molecule has 0 saturated carbocycles. The molecule has 0 aliphatic heterocycles. The number of aliphatic hydroxyl groups excluding tert-OH is 1. The van der Waals surface area contributed by atoms with E-state index in [0.717, 1.165) is 46.9 Å². The molecule has 6 aromatic carbocycles.